The van der Waals surface area contributed by atoms with Crippen molar-refractivity contribution in [1.82, 2.24) is 15.2 Å². The van der Waals surface area contributed by atoms with Crippen LogP contribution in [0.15, 0.2) is 59.6 Å². The van der Waals surface area contributed by atoms with Crippen LogP contribution in [0.3, 0.4) is 0 Å². The molecule has 3 aliphatic rings. The normalized spacial score (nSPS) is 20.8. The van der Waals surface area contributed by atoms with Crippen LogP contribution in [0.25, 0.3) is 0 Å². The van der Waals surface area contributed by atoms with E-state index in [1.54, 1.807) is 0 Å². The molecule has 6 heteroatoms. The first-order valence-corrected chi connectivity index (χ1v) is 12.6. The third kappa shape index (κ3) is 3.93. The van der Waals surface area contributed by atoms with E-state index in [9.17, 15) is 0 Å². The Morgan fingerprint density at radius 2 is 1.81 bits per heavy atom. The molecule has 164 valence electrons. The highest BCUT2D eigenvalue weighted by atomic mass is 32.1. The maximum absolute atomic E-state index is 5.20. The van der Waals surface area contributed by atoms with Gasteiger partial charge >= 0.3 is 0 Å². The largest absolute Gasteiger partial charge is 0.352 e. The zero-order valence-corrected chi connectivity index (χ0v) is 19.1. The summed E-state index contributed by atoms with van der Waals surface area (Å²) in [6.45, 7) is 2.84. The van der Waals surface area contributed by atoms with E-state index in [2.05, 4.69) is 70.1 Å². The van der Waals surface area contributed by atoms with Gasteiger partial charge in [0, 0.05) is 31.6 Å². The molecule has 0 bridgehead atoms. The van der Waals surface area contributed by atoms with Crippen LogP contribution in [0.4, 0.5) is 16.4 Å². The Balaban J connectivity index is 1.34. The molecule has 3 aromatic rings. The Morgan fingerprint density at radius 1 is 1.00 bits per heavy atom. The van der Waals surface area contributed by atoms with E-state index in [1.165, 1.54) is 36.3 Å². The van der Waals surface area contributed by atoms with Gasteiger partial charge in [-0.15, -0.1) is 11.3 Å². The van der Waals surface area contributed by atoms with E-state index >= 15 is 0 Å². The Kier molecular flexibility index (Phi) is 5.41. The number of amidine groups is 1. The average Bonchev–Trinajstić information content (AvgIpc) is 3.47. The third-order valence-corrected chi connectivity index (χ3v) is 7.95. The van der Waals surface area contributed by atoms with Crippen molar-refractivity contribution in [3.63, 3.8) is 0 Å². The summed E-state index contributed by atoms with van der Waals surface area (Å²) >= 11 is 1.84. The first kappa shape index (κ1) is 19.9. The van der Waals surface area contributed by atoms with E-state index in [4.69, 9.17) is 9.98 Å². The molecule has 2 N–H and O–H groups in total. The summed E-state index contributed by atoms with van der Waals surface area (Å²) in [4.78, 5) is 12.8. The Labute approximate surface area is 193 Å². The smallest absolute Gasteiger partial charge is 0.158 e. The van der Waals surface area contributed by atoms with Crippen molar-refractivity contribution >= 4 is 33.5 Å². The topological polar surface area (TPSA) is 52.5 Å². The number of piperazine rings is 1. The lowest BCUT2D eigenvalue weighted by Gasteiger charge is -2.35. The first-order valence-electron chi connectivity index (χ1n) is 11.8. The van der Waals surface area contributed by atoms with Crippen molar-refractivity contribution in [2.75, 3.05) is 25.0 Å². The molecule has 3 heterocycles. The number of aliphatic imine (C=N–C) groups is 1. The van der Waals surface area contributed by atoms with Crippen molar-refractivity contribution in [2.45, 2.75) is 44.1 Å². The monoisotopic (exact) mass is 443 g/mol. The van der Waals surface area contributed by atoms with E-state index in [0.29, 0.717) is 12.0 Å². The van der Waals surface area contributed by atoms with Gasteiger partial charge in [-0.1, -0.05) is 55.3 Å². The van der Waals surface area contributed by atoms with Gasteiger partial charge in [-0.25, -0.2) is 9.98 Å². The fraction of sp³-hybridized carbons (Fsp3) is 0.385. The summed E-state index contributed by atoms with van der Waals surface area (Å²) in [5.74, 6) is 1.64. The zero-order valence-electron chi connectivity index (χ0n) is 18.3. The summed E-state index contributed by atoms with van der Waals surface area (Å²) in [7, 11) is 0. The van der Waals surface area contributed by atoms with Gasteiger partial charge in [0.2, 0.25) is 0 Å². The Bertz CT molecular complexity index is 1120. The molecule has 2 fully saturated rings. The highest BCUT2D eigenvalue weighted by Gasteiger charge is 2.31. The molecule has 2 aromatic carbocycles. The van der Waals surface area contributed by atoms with E-state index < -0.39 is 0 Å². The summed E-state index contributed by atoms with van der Waals surface area (Å²) in [5.41, 5.74) is 4.47. The Morgan fingerprint density at radius 3 is 2.69 bits per heavy atom. The van der Waals surface area contributed by atoms with Crippen molar-refractivity contribution in [1.29, 1.82) is 0 Å². The summed E-state index contributed by atoms with van der Waals surface area (Å²) < 4.78 is 0. The number of para-hydroxylation sites is 2. The number of rotatable bonds is 3. The van der Waals surface area contributed by atoms with E-state index in [0.717, 1.165) is 54.0 Å². The highest BCUT2D eigenvalue weighted by Crippen LogP contribution is 2.43. The fourth-order valence-corrected chi connectivity index (χ4v) is 6.30. The second kappa shape index (κ2) is 8.68. The second-order valence-corrected chi connectivity index (χ2v) is 10.1. The second-order valence-electron chi connectivity index (χ2n) is 9.08. The molecule has 1 saturated heterocycles. The van der Waals surface area contributed by atoms with Crippen LogP contribution in [0.5, 0.6) is 0 Å². The lowest BCUT2D eigenvalue weighted by molar-refractivity contribution is 0.290. The maximum Gasteiger partial charge on any atom is 0.158 e. The van der Waals surface area contributed by atoms with Gasteiger partial charge in [-0.3, -0.25) is 0 Å². The molecule has 1 atom stereocenters. The molecule has 2 aliphatic heterocycles. The van der Waals surface area contributed by atoms with Gasteiger partial charge in [-0.2, -0.15) is 0 Å². The van der Waals surface area contributed by atoms with Gasteiger partial charge in [0.15, 0.2) is 5.84 Å². The molecule has 32 heavy (non-hydrogen) atoms. The molecule has 1 aromatic heterocycles. The zero-order chi connectivity index (χ0) is 21.3. The SMILES string of the molecule is c1ccc(C[C@@H]2CN(C3=Nc4ccccc4Nc4sc(C5CCCC5)nc43)CCN2)cc1. The van der Waals surface area contributed by atoms with Gasteiger partial charge in [0.05, 0.1) is 16.4 Å². The first-order chi connectivity index (χ1) is 15.8. The molecule has 1 aliphatic carbocycles. The lowest BCUT2D eigenvalue weighted by Crippen LogP contribution is -2.53. The molecule has 1 saturated carbocycles. The van der Waals surface area contributed by atoms with Crippen LogP contribution >= 0.6 is 11.3 Å². The van der Waals surface area contributed by atoms with Gasteiger partial charge < -0.3 is 15.5 Å². The predicted octanol–water partition coefficient (Wildman–Crippen LogP) is 5.45. The minimum absolute atomic E-state index is 0.400. The number of fused-ring (bicyclic) bond motifs is 2. The van der Waals surface area contributed by atoms with Crippen LogP contribution in [0.2, 0.25) is 0 Å². The van der Waals surface area contributed by atoms with Crippen molar-refractivity contribution < 1.29 is 0 Å². The molecule has 6 rings (SSSR count). The van der Waals surface area contributed by atoms with Crippen LogP contribution in [0.1, 0.15) is 47.9 Å². The van der Waals surface area contributed by atoms with Crippen molar-refractivity contribution in [3.8, 4) is 0 Å². The van der Waals surface area contributed by atoms with E-state index in [-0.39, 0.29) is 0 Å². The average molecular weight is 444 g/mol. The van der Waals surface area contributed by atoms with Crippen LogP contribution in [-0.4, -0.2) is 41.4 Å². The summed E-state index contributed by atoms with van der Waals surface area (Å²) in [6.07, 6.45) is 6.21. The molecular formula is C26H29N5S. The predicted molar refractivity (Wildman–Crippen MR) is 133 cm³/mol. The number of hydrogen-bond acceptors (Lipinski definition) is 6. The number of hydrogen-bond donors (Lipinski definition) is 2. The number of anilines is 2. The molecule has 0 unspecified atom stereocenters. The summed E-state index contributed by atoms with van der Waals surface area (Å²) in [6, 6.07) is 19.5. The minimum atomic E-state index is 0.400. The minimum Gasteiger partial charge on any atom is -0.352 e. The molecule has 0 spiro atoms. The highest BCUT2D eigenvalue weighted by molar-refractivity contribution is 7.16. The van der Waals surface area contributed by atoms with Gasteiger partial charge in [-0.05, 0) is 37.0 Å². The molecule has 0 amide bonds. The standard InChI is InChI=1S/C26H29N5S/c1-2-8-18(9-3-1)16-20-17-31(15-14-27-20)24-23-26(29-22-13-7-6-12-21(22)28-24)32-25(30-23)19-10-4-5-11-19/h1-3,6-9,12-13,19-20,27,29H,4-5,10-11,14-17H2/t20-/m1/s1. The molecular weight excluding hydrogens is 414 g/mol. The maximum atomic E-state index is 5.20. The van der Waals surface area contributed by atoms with Gasteiger partial charge in [0.1, 0.15) is 10.7 Å². The van der Waals surface area contributed by atoms with Crippen molar-refractivity contribution in [2.24, 2.45) is 4.99 Å². The third-order valence-electron chi connectivity index (χ3n) is 6.82. The van der Waals surface area contributed by atoms with Crippen molar-refractivity contribution in [3.05, 3.63) is 70.9 Å². The van der Waals surface area contributed by atoms with Crippen LogP contribution < -0.4 is 10.6 Å². The lowest BCUT2D eigenvalue weighted by atomic mass is 10.0. The quantitative estimate of drug-likeness (QED) is 0.565. The number of nitrogens with one attached hydrogen (secondary N) is 2. The fourth-order valence-electron chi connectivity index (χ4n) is 5.16. The van der Waals surface area contributed by atoms with E-state index in [1.807, 2.05) is 11.3 Å². The molecule has 0 radical (unpaired) electrons. The Hall–Kier alpha value is -2.70. The number of aromatic nitrogens is 1. The van der Waals surface area contributed by atoms with Crippen LogP contribution in [-0.2, 0) is 6.42 Å². The van der Waals surface area contributed by atoms with Gasteiger partial charge in [0.25, 0.3) is 0 Å². The number of nitrogens with zero attached hydrogens (tertiary/aromatic N) is 3. The number of benzene rings is 2. The molecule has 5 nitrogen and oxygen atoms in total. The summed E-state index contributed by atoms with van der Waals surface area (Å²) in [5, 5.41) is 9.81. The number of thiazole rings is 1. The van der Waals surface area contributed by atoms with Crippen LogP contribution in [0, 0.1) is 0 Å².